The summed E-state index contributed by atoms with van der Waals surface area (Å²) in [6.07, 6.45) is 6.02. The van der Waals surface area contributed by atoms with E-state index in [1.54, 1.807) is 37.2 Å². The number of para-hydroxylation sites is 1. The number of fused-ring (bicyclic) bond motifs is 1. The van der Waals surface area contributed by atoms with Gasteiger partial charge in [0.15, 0.2) is 0 Å². The lowest BCUT2D eigenvalue weighted by molar-refractivity contribution is 0.102. The lowest BCUT2D eigenvalue weighted by atomic mass is 10.0. The van der Waals surface area contributed by atoms with Crippen LogP contribution in [-0.4, -0.2) is 73.9 Å². The maximum absolute atomic E-state index is 13.1. The van der Waals surface area contributed by atoms with E-state index in [1.165, 1.54) is 4.90 Å². The Kier molecular flexibility index (Phi) is 9.25. The van der Waals surface area contributed by atoms with E-state index in [9.17, 15) is 14.7 Å². The average molecular weight is 687 g/mol. The second-order valence-corrected chi connectivity index (χ2v) is 12.4. The third-order valence-electron chi connectivity index (χ3n) is 9.15. The van der Waals surface area contributed by atoms with Gasteiger partial charge in [-0.3, -0.25) is 14.2 Å². The van der Waals surface area contributed by atoms with Gasteiger partial charge in [-0.25, -0.2) is 9.78 Å². The van der Waals surface area contributed by atoms with Crippen molar-refractivity contribution in [1.29, 1.82) is 0 Å². The zero-order valence-electron chi connectivity index (χ0n) is 28.5. The van der Waals surface area contributed by atoms with E-state index < -0.39 is 6.09 Å². The normalized spacial score (nSPS) is 14.3. The molecule has 7 rings (SSSR count). The molecule has 1 atom stereocenters. The SMILES string of the molecule is COc1ccc(CNc2ncc(-c3cnn(C)c3)c3c2c(-c2ccc(C(=O)Nc4ccccc4)cc2)nn3C2CCCN(C(=O)O)C2)c(OC)c1. The van der Waals surface area contributed by atoms with Gasteiger partial charge in [0.25, 0.3) is 5.91 Å². The fourth-order valence-electron chi connectivity index (χ4n) is 6.55. The van der Waals surface area contributed by atoms with Crippen LogP contribution in [0.25, 0.3) is 33.3 Å². The van der Waals surface area contributed by atoms with Crippen LogP contribution in [0.3, 0.4) is 0 Å². The molecule has 1 saturated heterocycles. The molecule has 2 amide bonds. The minimum atomic E-state index is -0.953. The Bertz CT molecular complexity index is 2200. The van der Waals surface area contributed by atoms with Gasteiger partial charge in [-0.2, -0.15) is 10.2 Å². The Morgan fingerprint density at radius 3 is 2.49 bits per heavy atom. The third kappa shape index (κ3) is 6.78. The van der Waals surface area contributed by atoms with E-state index in [0.29, 0.717) is 60.3 Å². The van der Waals surface area contributed by atoms with Crippen LogP contribution in [-0.2, 0) is 13.6 Å². The van der Waals surface area contributed by atoms with Gasteiger partial charge in [0.1, 0.15) is 23.0 Å². The number of carbonyl (C=O) groups excluding carboxylic acids is 1. The predicted octanol–water partition coefficient (Wildman–Crippen LogP) is 6.70. The van der Waals surface area contributed by atoms with Crippen molar-refractivity contribution < 1.29 is 24.2 Å². The van der Waals surface area contributed by atoms with E-state index in [4.69, 9.17) is 19.6 Å². The number of carboxylic acid groups (broad SMARTS) is 1. The van der Waals surface area contributed by atoms with Crippen molar-refractivity contribution in [3.8, 4) is 33.9 Å². The van der Waals surface area contributed by atoms with Gasteiger partial charge in [-0.15, -0.1) is 0 Å². The van der Waals surface area contributed by atoms with Crippen molar-refractivity contribution in [2.75, 3.05) is 37.9 Å². The van der Waals surface area contributed by atoms with Crippen molar-refractivity contribution in [2.24, 2.45) is 7.05 Å². The first-order valence-electron chi connectivity index (χ1n) is 16.6. The highest BCUT2D eigenvalue weighted by Crippen LogP contribution is 2.41. The van der Waals surface area contributed by atoms with Crippen molar-refractivity contribution in [3.63, 3.8) is 0 Å². The summed E-state index contributed by atoms with van der Waals surface area (Å²) < 4.78 is 14.7. The van der Waals surface area contributed by atoms with Crippen molar-refractivity contribution in [3.05, 3.63) is 103 Å². The molecule has 0 aliphatic carbocycles. The van der Waals surface area contributed by atoms with Gasteiger partial charge in [-0.05, 0) is 49.2 Å². The molecule has 13 nitrogen and oxygen atoms in total. The highest BCUT2D eigenvalue weighted by Gasteiger charge is 2.30. The standard InChI is InChI=1S/C38H38N8O5/c1-44-22-27(20-41-44)31-21-40-36(39-19-26-15-16-30(50-2)18-32(26)51-3)33-34(43-46(35(31)33)29-10-7-17-45(23-29)38(48)49)24-11-13-25(14-12-24)37(47)42-28-8-5-4-6-9-28/h4-6,8-9,11-16,18,20-22,29H,7,10,17,19,23H2,1-3H3,(H,39,40)(H,42,47)(H,48,49). The Balaban J connectivity index is 1.36. The molecule has 1 unspecified atom stereocenters. The number of rotatable bonds is 10. The molecule has 6 aromatic rings. The third-order valence-corrected chi connectivity index (χ3v) is 9.15. The molecule has 3 N–H and O–H groups in total. The molecule has 51 heavy (non-hydrogen) atoms. The predicted molar refractivity (Wildman–Crippen MR) is 194 cm³/mol. The first-order chi connectivity index (χ1) is 24.8. The zero-order chi connectivity index (χ0) is 35.5. The molecule has 0 bridgehead atoms. The molecule has 4 heterocycles. The summed E-state index contributed by atoms with van der Waals surface area (Å²) in [5.74, 6) is 1.72. The number of hydrogen-bond donors (Lipinski definition) is 3. The Morgan fingerprint density at radius 1 is 0.980 bits per heavy atom. The molecule has 260 valence electrons. The number of ether oxygens (including phenoxy) is 2. The van der Waals surface area contributed by atoms with Gasteiger partial charge < -0.3 is 30.1 Å². The Morgan fingerprint density at radius 2 is 1.78 bits per heavy atom. The number of aryl methyl sites for hydroxylation is 1. The molecule has 3 aromatic carbocycles. The molecule has 13 heteroatoms. The van der Waals surface area contributed by atoms with Crippen LogP contribution in [0, 0.1) is 0 Å². The second-order valence-electron chi connectivity index (χ2n) is 12.4. The summed E-state index contributed by atoms with van der Waals surface area (Å²) in [6, 6.07) is 22.0. The Labute approximate surface area is 294 Å². The van der Waals surface area contributed by atoms with E-state index in [1.807, 2.05) is 84.8 Å². The summed E-state index contributed by atoms with van der Waals surface area (Å²) in [5.41, 5.74) is 6.00. The molecule has 0 spiro atoms. The molecular weight excluding hydrogens is 648 g/mol. The average Bonchev–Trinajstić information content (AvgIpc) is 3.79. The highest BCUT2D eigenvalue weighted by atomic mass is 16.5. The maximum atomic E-state index is 13.1. The number of nitrogens with one attached hydrogen (secondary N) is 2. The van der Waals surface area contributed by atoms with Crippen LogP contribution in [0.2, 0.25) is 0 Å². The van der Waals surface area contributed by atoms with Gasteiger partial charge >= 0.3 is 6.09 Å². The summed E-state index contributed by atoms with van der Waals surface area (Å²) in [6.45, 7) is 1.16. The topological polar surface area (TPSA) is 149 Å². The van der Waals surface area contributed by atoms with Gasteiger partial charge in [0.2, 0.25) is 0 Å². The van der Waals surface area contributed by atoms with E-state index in [0.717, 1.165) is 39.6 Å². The molecular formula is C38H38N8O5. The van der Waals surface area contributed by atoms with E-state index in [-0.39, 0.29) is 11.9 Å². The zero-order valence-corrected chi connectivity index (χ0v) is 28.5. The molecule has 0 saturated carbocycles. The number of pyridine rings is 1. The highest BCUT2D eigenvalue weighted by molar-refractivity contribution is 6.08. The summed E-state index contributed by atoms with van der Waals surface area (Å²) in [7, 11) is 5.09. The van der Waals surface area contributed by atoms with Gasteiger partial charge in [-0.1, -0.05) is 30.3 Å². The van der Waals surface area contributed by atoms with Crippen LogP contribution in [0.4, 0.5) is 16.3 Å². The molecule has 1 aliphatic heterocycles. The number of amides is 2. The maximum Gasteiger partial charge on any atom is 0.407 e. The van der Waals surface area contributed by atoms with E-state index in [2.05, 4.69) is 15.7 Å². The molecule has 0 radical (unpaired) electrons. The first-order valence-corrected chi connectivity index (χ1v) is 16.6. The second kappa shape index (κ2) is 14.2. The van der Waals surface area contributed by atoms with E-state index >= 15 is 0 Å². The summed E-state index contributed by atoms with van der Waals surface area (Å²) in [4.78, 5) is 31.6. The minimum absolute atomic E-state index is 0.226. The van der Waals surface area contributed by atoms with Crippen LogP contribution in [0.5, 0.6) is 11.5 Å². The number of benzene rings is 3. The van der Waals surface area contributed by atoms with Crippen LogP contribution >= 0.6 is 0 Å². The van der Waals surface area contributed by atoms with Crippen molar-refractivity contribution in [1.82, 2.24) is 29.4 Å². The number of carbonyl (C=O) groups is 2. The number of aromatic nitrogens is 5. The largest absolute Gasteiger partial charge is 0.497 e. The van der Waals surface area contributed by atoms with Crippen LogP contribution < -0.4 is 20.1 Å². The fourth-order valence-corrected chi connectivity index (χ4v) is 6.55. The quantitative estimate of drug-likeness (QED) is 0.143. The number of likely N-dealkylation sites (tertiary alicyclic amines) is 1. The van der Waals surface area contributed by atoms with Crippen LogP contribution in [0.1, 0.15) is 34.8 Å². The number of methoxy groups -OCH3 is 2. The number of piperidine rings is 1. The smallest absolute Gasteiger partial charge is 0.407 e. The van der Waals surface area contributed by atoms with Crippen molar-refractivity contribution in [2.45, 2.75) is 25.4 Å². The Hall–Kier alpha value is -6.37. The molecule has 1 aliphatic rings. The monoisotopic (exact) mass is 686 g/mol. The van der Waals surface area contributed by atoms with Crippen molar-refractivity contribution >= 4 is 34.4 Å². The number of nitrogens with zero attached hydrogens (tertiary/aromatic N) is 6. The fraction of sp³-hybridized carbons (Fsp3) is 0.237. The summed E-state index contributed by atoms with van der Waals surface area (Å²) in [5, 5.41) is 26.8. The lowest BCUT2D eigenvalue weighted by Crippen LogP contribution is -2.40. The minimum Gasteiger partial charge on any atom is -0.497 e. The number of hydrogen-bond acceptors (Lipinski definition) is 8. The van der Waals surface area contributed by atoms with Gasteiger partial charge in [0, 0.05) is 78.6 Å². The molecule has 3 aromatic heterocycles. The van der Waals surface area contributed by atoms with Crippen LogP contribution in [0.15, 0.2) is 91.4 Å². The van der Waals surface area contributed by atoms with Gasteiger partial charge in [0.05, 0.1) is 37.4 Å². The first kappa shape index (κ1) is 33.1. The number of anilines is 2. The summed E-state index contributed by atoms with van der Waals surface area (Å²) >= 11 is 0. The lowest BCUT2D eigenvalue weighted by Gasteiger charge is -2.31. The molecule has 1 fully saturated rings.